The lowest BCUT2D eigenvalue weighted by atomic mass is 10.1. The number of benzene rings is 1. The molecule has 1 aromatic carbocycles. The van der Waals surface area contributed by atoms with Gasteiger partial charge in [-0.25, -0.2) is 4.79 Å². The Balaban J connectivity index is 0.00000625. The summed E-state index contributed by atoms with van der Waals surface area (Å²) in [6.45, 7) is 9.74. The number of amides is 1. The monoisotopic (exact) mass is 476 g/mol. The molecule has 3 N–H and O–H groups in total. The number of carbonyl (C=O) groups is 1. The van der Waals surface area contributed by atoms with E-state index in [-0.39, 0.29) is 30.1 Å². The molecule has 0 heterocycles. The van der Waals surface area contributed by atoms with Crippen molar-refractivity contribution >= 4 is 36.0 Å². The molecule has 0 aliphatic rings. The second kappa shape index (κ2) is 12.8. The molecule has 0 unspecified atom stereocenters. The second-order valence-corrected chi connectivity index (χ2v) is 6.95. The number of nitrogens with one attached hydrogen (secondary N) is 3. The summed E-state index contributed by atoms with van der Waals surface area (Å²) in [6, 6.07) is 8.51. The van der Waals surface area contributed by atoms with Gasteiger partial charge in [0.05, 0.1) is 0 Å². The molecule has 1 aromatic rings. The van der Waals surface area contributed by atoms with Gasteiger partial charge in [0, 0.05) is 26.7 Å². The highest BCUT2D eigenvalue weighted by molar-refractivity contribution is 14.0. The minimum absolute atomic E-state index is 0. The fraction of sp³-hybridized carbons (Fsp3) is 0.579. The van der Waals surface area contributed by atoms with Crippen LogP contribution in [0.3, 0.4) is 0 Å². The van der Waals surface area contributed by atoms with E-state index in [4.69, 9.17) is 4.74 Å². The third-order valence-electron chi connectivity index (χ3n) is 3.33. The summed E-state index contributed by atoms with van der Waals surface area (Å²) in [6.07, 6.45) is 1.36. The minimum Gasteiger partial charge on any atom is -0.444 e. The van der Waals surface area contributed by atoms with Crippen molar-refractivity contribution < 1.29 is 9.53 Å². The Morgan fingerprint density at radius 3 is 2.38 bits per heavy atom. The fourth-order valence-electron chi connectivity index (χ4n) is 2.21. The summed E-state index contributed by atoms with van der Waals surface area (Å²) in [4.78, 5) is 15.7. The van der Waals surface area contributed by atoms with E-state index in [1.54, 1.807) is 7.05 Å². The zero-order valence-corrected chi connectivity index (χ0v) is 18.8. The van der Waals surface area contributed by atoms with E-state index in [9.17, 15) is 4.79 Å². The smallest absolute Gasteiger partial charge is 0.407 e. The van der Waals surface area contributed by atoms with Gasteiger partial charge in [-0.3, -0.25) is 4.99 Å². The van der Waals surface area contributed by atoms with Gasteiger partial charge in [0.2, 0.25) is 0 Å². The first kappa shape index (κ1) is 24.5. The van der Waals surface area contributed by atoms with Crippen molar-refractivity contribution in [3.05, 3.63) is 35.4 Å². The molecule has 0 bridgehead atoms. The van der Waals surface area contributed by atoms with Gasteiger partial charge >= 0.3 is 6.09 Å². The Kier molecular flexibility index (Phi) is 12.0. The molecule has 0 aliphatic carbocycles. The lowest BCUT2D eigenvalue weighted by Crippen LogP contribution is -2.40. The second-order valence-electron chi connectivity index (χ2n) is 6.95. The molecule has 0 radical (unpaired) electrons. The van der Waals surface area contributed by atoms with Crippen LogP contribution in [0.15, 0.2) is 29.3 Å². The maximum Gasteiger partial charge on any atom is 0.407 e. The summed E-state index contributed by atoms with van der Waals surface area (Å²) < 4.78 is 5.18. The molecule has 0 saturated heterocycles. The van der Waals surface area contributed by atoms with Gasteiger partial charge in [0.25, 0.3) is 0 Å². The van der Waals surface area contributed by atoms with E-state index in [2.05, 4.69) is 52.1 Å². The van der Waals surface area contributed by atoms with Gasteiger partial charge in [-0.05, 0) is 46.1 Å². The topological polar surface area (TPSA) is 74.8 Å². The van der Waals surface area contributed by atoms with Crippen LogP contribution in [-0.2, 0) is 11.2 Å². The molecule has 7 heteroatoms. The van der Waals surface area contributed by atoms with Crippen molar-refractivity contribution in [2.45, 2.75) is 46.1 Å². The molecule has 1 rings (SSSR count). The summed E-state index contributed by atoms with van der Waals surface area (Å²) >= 11 is 0. The van der Waals surface area contributed by atoms with Crippen molar-refractivity contribution in [3.8, 4) is 0 Å². The number of aryl methyl sites for hydroxylation is 1. The van der Waals surface area contributed by atoms with Gasteiger partial charge in [0.1, 0.15) is 5.60 Å². The standard InChI is InChI=1S/C19H32N4O2.HI/c1-15-8-6-9-16(14-15)10-13-22-17(20-5)21-11-7-12-23-18(24)25-19(2,3)4;/h6,8-9,14H,7,10-13H2,1-5H3,(H,23,24)(H2,20,21,22);1H. The van der Waals surface area contributed by atoms with Crippen molar-refractivity contribution in [1.82, 2.24) is 16.0 Å². The van der Waals surface area contributed by atoms with Crippen LogP contribution >= 0.6 is 24.0 Å². The van der Waals surface area contributed by atoms with Crippen LogP contribution in [0.4, 0.5) is 4.79 Å². The Morgan fingerprint density at radius 1 is 1.12 bits per heavy atom. The van der Waals surface area contributed by atoms with E-state index < -0.39 is 5.60 Å². The van der Waals surface area contributed by atoms with Gasteiger partial charge in [-0.2, -0.15) is 0 Å². The zero-order chi connectivity index (χ0) is 18.7. The van der Waals surface area contributed by atoms with Gasteiger partial charge in [0.15, 0.2) is 5.96 Å². The van der Waals surface area contributed by atoms with Crippen LogP contribution in [-0.4, -0.2) is 44.3 Å². The number of nitrogens with zero attached hydrogens (tertiary/aromatic N) is 1. The summed E-state index contributed by atoms with van der Waals surface area (Å²) in [7, 11) is 1.75. The predicted molar refractivity (Wildman–Crippen MR) is 119 cm³/mol. The quantitative estimate of drug-likeness (QED) is 0.245. The minimum atomic E-state index is -0.467. The molecule has 0 fully saturated rings. The van der Waals surface area contributed by atoms with Crippen LogP contribution in [0.1, 0.15) is 38.3 Å². The van der Waals surface area contributed by atoms with Gasteiger partial charge in [-0.1, -0.05) is 29.8 Å². The van der Waals surface area contributed by atoms with Crippen LogP contribution in [0, 0.1) is 6.92 Å². The average molecular weight is 476 g/mol. The summed E-state index contributed by atoms with van der Waals surface area (Å²) in [5.74, 6) is 0.768. The molecule has 0 aliphatic heterocycles. The molecule has 0 spiro atoms. The van der Waals surface area contributed by atoms with E-state index in [0.717, 1.165) is 31.9 Å². The maximum atomic E-state index is 11.5. The molecule has 0 aromatic heterocycles. The maximum absolute atomic E-state index is 11.5. The summed E-state index contributed by atoms with van der Waals surface area (Å²) in [5.41, 5.74) is 2.12. The third kappa shape index (κ3) is 11.9. The van der Waals surface area contributed by atoms with Crippen LogP contribution in [0.5, 0.6) is 0 Å². The lowest BCUT2D eigenvalue weighted by molar-refractivity contribution is 0.0527. The Morgan fingerprint density at radius 2 is 1.77 bits per heavy atom. The molecule has 1 amide bonds. The number of hydrogen-bond donors (Lipinski definition) is 3. The first-order valence-electron chi connectivity index (χ1n) is 8.77. The lowest BCUT2D eigenvalue weighted by Gasteiger charge is -2.19. The first-order chi connectivity index (χ1) is 11.8. The van der Waals surface area contributed by atoms with Crippen LogP contribution in [0.25, 0.3) is 0 Å². The Hall–Kier alpha value is -1.51. The fourth-order valence-corrected chi connectivity index (χ4v) is 2.21. The number of alkyl carbamates (subject to hydrolysis) is 1. The SMILES string of the molecule is CN=C(NCCCNC(=O)OC(C)(C)C)NCCc1cccc(C)c1.I. The highest BCUT2D eigenvalue weighted by Gasteiger charge is 2.15. The van der Waals surface area contributed by atoms with Crippen molar-refractivity contribution in [3.63, 3.8) is 0 Å². The number of hydrogen-bond acceptors (Lipinski definition) is 3. The van der Waals surface area contributed by atoms with Crippen molar-refractivity contribution in [2.75, 3.05) is 26.7 Å². The Bertz CT molecular complexity index is 571. The molecule has 0 saturated carbocycles. The van der Waals surface area contributed by atoms with E-state index in [1.165, 1.54) is 11.1 Å². The molecule has 148 valence electrons. The average Bonchev–Trinajstić information content (AvgIpc) is 2.51. The molecule has 26 heavy (non-hydrogen) atoms. The zero-order valence-electron chi connectivity index (χ0n) is 16.5. The van der Waals surface area contributed by atoms with E-state index in [0.29, 0.717) is 6.54 Å². The van der Waals surface area contributed by atoms with Crippen LogP contribution in [0.2, 0.25) is 0 Å². The number of halogens is 1. The number of aliphatic imine (C=N–C) groups is 1. The number of rotatable bonds is 7. The van der Waals surface area contributed by atoms with Gasteiger partial charge in [-0.15, -0.1) is 24.0 Å². The van der Waals surface area contributed by atoms with Crippen molar-refractivity contribution in [2.24, 2.45) is 4.99 Å². The summed E-state index contributed by atoms with van der Waals surface area (Å²) in [5, 5.41) is 9.27. The van der Waals surface area contributed by atoms with Crippen molar-refractivity contribution in [1.29, 1.82) is 0 Å². The molecular formula is C19H33IN4O2. The molecule has 0 atom stereocenters. The van der Waals surface area contributed by atoms with Gasteiger partial charge < -0.3 is 20.7 Å². The molecule has 6 nitrogen and oxygen atoms in total. The Labute approximate surface area is 174 Å². The normalized spacial score (nSPS) is 11.3. The number of carbonyl (C=O) groups excluding carboxylic acids is 1. The van der Waals surface area contributed by atoms with E-state index >= 15 is 0 Å². The highest BCUT2D eigenvalue weighted by atomic mass is 127. The highest BCUT2D eigenvalue weighted by Crippen LogP contribution is 2.06. The van der Waals surface area contributed by atoms with E-state index in [1.807, 2.05) is 20.8 Å². The number of guanidine groups is 1. The predicted octanol–water partition coefficient (Wildman–Crippen LogP) is 3.24. The largest absolute Gasteiger partial charge is 0.444 e. The third-order valence-corrected chi connectivity index (χ3v) is 3.33. The number of ether oxygens (including phenoxy) is 1. The van der Waals surface area contributed by atoms with Crippen LogP contribution < -0.4 is 16.0 Å². The first-order valence-corrected chi connectivity index (χ1v) is 8.77. The molecular weight excluding hydrogens is 443 g/mol.